The molecule has 3 heterocycles. The molecule has 4 rings (SSSR count). The SMILES string of the molecule is C[C@H](Sc1nnc2ccccn12)C(=O)Nc1ccc(N2CCOCC2)cc1. The molecule has 1 aromatic carbocycles. The second-order valence-electron chi connectivity index (χ2n) is 6.31. The number of amides is 1. The summed E-state index contributed by atoms with van der Waals surface area (Å²) in [6, 6.07) is 13.7. The molecule has 140 valence electrons. The predicted molar refractivity (Wildman–Crippen MR) is 106 cm³/mol. The van der Waals surface area contributed by atoms with E-state index in [0.717, 1.165) is 43.3 Å². The lowest BCUT2D eigenvalue weighted by Crippen LogP contribution is -2.36. The van der Waals surface area contributed by atoms with E-state index in [-0.39, 0.29) is 11.2 Å². The third-order valence-corrected chi connectivity index (χ3v) is 5.50. The van der Waals surface area contributed by atoms with Crippen molar-refractivity contribution in [2.24, 2.45) is 0 Å². The molecule has 1 fully saturated rings. The quantitative estimate of drug-likeness (QED) is 0.683. The van der Waals surface area contributed by atoms with Crippen molar-refractivity contribution in [1.82, 2.24) is 14.6 Å². The fourth-order valence-electron chi connectivity index (χ4n) is 2.93. The molecule has 1 atom stereocenters. The molecule has 27 heavy (non-hydrogen) atoms. The lowest BCUT2D eigenvalue weighted by atomic mass is 10.2. The second-order valence-corrected chi connectivity index (χ2v) is 7.61. The maximum absolute atomic E-state index is 12.5. The van der Waals surface area contributed by atoms with Crippen molar-refractivity contribution >= 4 is 34.7 Å². The van der Waals surface area contributed by atoms with Crippen LogP contribution in [0, 0.1) is 0 Å². The first-order valence-electron chi connectivity index (χ1n) is 8.91. The van der Waals surface area contributed by atoms with Crippen LogP contribution in [0.2, 0.25) is 0 Å². The Kier molecular flexibility index (Phi) is 5.26. The number of nitrogens with zero attached hydrogens (tertiary/aromatic N) is 4. The topological polar surface area (TPSA) is 71.8 Å². The van der Waals surface area contributed by atoms with E-state index >= 15 is 0 Å². The first-order valence-corrected chi connectivity index (χ1v) is 9.79. The van der Waals surface area contributed by atoms with Gasteiger partial charge in [0.2, 0.25) is 5.91 Å². The molecule has 0 radical (unpaired) electrons. The van der Waals surface area contributed by atoms with Gasteiger partial charge in [0, 0.05) is 30.7 Å². The van der Waals surface area contributed by atoms with Gasteiger partial charge in [-0.1, -0.05) is 17.8 Å². The summed E-state index contributed by atoms with van der Waals surface area (Å²) >= 11 is 1.39. The number of aromatic nitrogens is 3. The number of fused-ring (bicyclic) bond motifs is 1. The van der Waals surface area contributed by atoms with Gasteiger partial charge >= 0.3 is 0 Å². The predicted octanol–water partition coefficient (Wildman–Crippen LogP) is 2.69. The van der Waals surface area contributed by atoms with Crippen LogP contribution < -0.4 is 10.2 Å². The van der Waals surface area contributed by atoms with Crippen LogP contribution in [0.4, 0.5) is 11.4 Å². The number of thioether (sulfide) groups is 1. The van der Waals surface area contributed by atoms with Gasteiger partial charge in [-0.25, -0.2) is 0 Å². The number of benzene rings is 1. The fourth-order valence-corrected chi connectivity index (χ4v) is 3.77. The largest absolute Gasteiger partial charge is 0.378 e. The Morgan fingerprint density at radius 3 is 2.70 bits per heavy atom. The number of anilines is 2. The Labute approximate surface area is 161 Å². The smallest absolute Gasteiger partial charge is 0.237 e. The van der Waals surface area contributed by atoms with Crippen LogP contribution in [-0.2, 0) is 9.53 Å². The maximum Gasteiger partial charge on any atom is 0.237 e. The van der Waals surface area contributed by atoms with Gasteiger partial charge in [-0.05, 0) is 43.3 Å². The molecule has 0 bridgehead atoms. The molecule has 1 aliphatic rings. The summed E-state index contributed by atoms with van der Waals surface area (Å²) in [4.78, 5) is 14.8. The highest BCUT2D eigenvalue weighted by molar-refractivity contribution is 8.00. The van der Waals surface area contributed by atoms with Gasteiger partial charge < -0.3 is 15.0 Å². The third kappa shape index (κ3) is 4.06. The zero-order valence-electron chi connectivity index (χ0n) is 15.0. The van der Waals surface area contributed by atoms with E-state index in [1.54, 1.807) is 0 Å². The van der Waals surface area contributed by atoms with Crippen molar-refractivity contribution in [3.63, 3.8) is 0 Å². The Hall–Kier alpha value is -2.58. The van der Waals surface area contributed by atoms with Crippen LogP contribution >= 0.6 is 11.8 Å². The van der Waals surface area contributed by atoms with Crippen molar-refractivity contribution in [2.75, 3.05) is 36.5 Å². The highest BCUT2D eigenvalue weighted by Gasteiger charge is 2.18. The molecule has 1 N–H and O–H groups in total. The fraction of sp³-hybridized carbons (Fsp3) is 0.316. The maximum atomic E-state index is 12.5. The number of rotatable bonds is 5. The Morgan fingerprint density at radius 1 is 1.15 bits per heavy atom. The first kappa shape index (κ1) is 17.8. The average molecular weight is 383 g/mol. The van der Waals surface area contributed by atoms with Crippen LogP contribution in [0.5, 0.6) is 0 Å². The minimum absolute atomic E-state index is 0.0631. The van der Waals surface area contributed by atoms with E-state index in [1.165, 1.54) is 11.8 Å². The molecule has 0 aliphatic carbocycles. The first-order chi connectivity index (χ1) is 13.2. The molecule has 2 aromatic heterocycles. The normalized spacial score (nSPS) is 15.7. The monoisotopic (exact) mass is 383 g/mol. The van der Waals surface area contributed by atoms with Crippen LogP contribution in [0.3, 0.4) is 0 Å². The third-order valence-electron chi connectivity index (χ3n) is 4.44. The van der Waals surface area contributed by atoms with E-state index in [2.05, 4.69) is 20.4 Å². The van der Waals surface area contributed by atoms with Gasteiger partial charge in [-0.15, -0.1) is 10.2 Å². The summed E-state index contributed by atoms with van der Waals surface area (Å²) in [5.41, 5.74) is 2.70. The zero-order valence-corrected chi connectivity index (χ0v) is 15.9. The van der Waals surface area contributed by atoms with Gasteiger partial charge in [-0.2, -0.15) is 0 Å². The highest BCUT2D eigenvalue weighted by atomic mass is 32.2. The van der Waals surface area contributed by atoms with Crippen LogP contribution in [0.15, 0.2) is 53.8 Å². The number of carbonyl (C=O) groups is 1. The van der Waals surface area contributed by atoms with Crippen molar-refractivity contribution in [2.45, 2.75) is 17.3 Å². The van der Waals surface area contributed by atoms with E-state index in [4.69, 9.17) is 4.74 Å². The Balaban J connectivity index is 1.38. The van der Waals surface area contributed by atoms with Gasteiger partial charge in [0.05, 0.1) is 18.5 Å². The van der Waals surface area contributed by atoms with Crippen molar-refractivity contribution in [3.8, 4) is 0 Å². The molecule has 1 amide bonds. The number of nitrogens with one attached hydrogen (secondary N) is 1. The van der Waals surface area contributed by atoms with Crippen molar-refractivity contribution in [1.29, 1.82) is 0 Å². The van der Waals surface area contributed by atoms with Gasteiger partial charge in [0.25, 0.3) is 0 Å². The number of hydrogen-bond donors (Lipinski definition) is 1. The number of ether oxygens (including phenoxy) is 1. The van der Waals surface area contributed by atoms with Crippen molar-refractivity contribution < 1.29 is 9.53 Å². The highest BCUT2D eigenvalue weighted by Crippen LogP contribution is 2.24. The molecule has 7 nitrogen and oxygen atoms in total. The van der Waals surface area contributed by atoms with E-state index in [1.807, 2.05) is 60.0 Å². The van der Waals surface area contributed by atoms with Crippen LogP contribution in [-0.4, -0.2) is 52.1 Å². The lowest BCUT2D eigenvalue weighted by molar-refractivity contribution is -0.115. The van der Waals surface area contributed by atoms with Crippen LogP contribution in [0.25, 0.3) is 5.65 Å². The van der Waals surface area contributed by atoms with E-state index in [0.29, 0.717) is 5.16 Å². The van der Waals surface area contributed by atoms with Crippen LogP contribution in [0.1, 0.15) is 6.92 Å². The minimum Gasteiger partial charge on any atom is -0.378 e. The molecular formula is C19H21N5O2S. The average Bonchev–Trinajstić information content (AvgIpc) is 3.12. The molecule has 0 spiro atoms. The van der Waals surface area contributed by atoms with E-state index in [9.17, 15) is 4.79 Å². The molecule has 0 unspecified atom stereocenters. The molecule has 1 aliphatic heterocycles. The summed E-state index contributed by atoms with van der Waals surface area (Å²) in [5.74, 6) is -0.0631. The lowest BCUT2D eigenvalue weighted by Gasteiger charge is -2.28. The summed E-state index contributed by atoms with van der Waals surface area (Å²) in [6.07, 6.45) is 1.90. The number of carbonyl (C=O) groups excluding carboxylic acids is 1. The number of morpholine rings is 1. The van der Waals surface area contributed by atoms with Gasteiger partial charge in [0.15, 0.2) is 10.8 Å². The second kappa shape index (κ2) is 7.98. The number of hydrogen-bond acceptors (Lipinski definition) is 6. The zero-order chi connectivity index (χ0) is 18.6. The van der Waals surface area contributed by atoms with E-state index < -0.39 is 0 Å². The van der Waals surface area contributed by atoms with Crippen molar-refractivity contribution in [3.05, 3.63) is 48.7 Å². The Morgan fingerprint density at radius 2 is 1.93 bits per heavy atom. The summed E-state index contributed by atoms with van der Waals surface area (Å²) in [7, 11) is 0. The summed E-state index contributed by atoms with van der Waals surface area (Å²) in [5, 5.41) is 11.7. The van der Waals surface area contributed by atoms with Gasteiger partial charge in [0.1, 0.15) is 0 Å². The molecule has 8 heteroatoms. The summed E-state index contributed by atoms with van der Waals surface area (Å²) in [6.45, 7) is 5.17. The summed E-state index contributed by atoms with van der Waals surface area (Å²) < 4.78 is 7.26. The Bertz CT molecular complexity index is 921. The molecule has 3 aromatic rings. The van der Waals surface area contributed by atoms with Gasteiger partial charge in [-0.3, -0.25) is 9.20 Å². The molecule has 1 saturated heterocycles. The standard InChI is InChI=1S/C19H21N5O2S/c1-14(27-19-22-21-17-4-2-3-9-24(17)19)18(25)20-15-5-7-16(8-6-15)23-10-12-26-13-11-23/h2-9,14H,10-13H2,1H3,(H,20,25)/t14-/m0/s1. The molecular weight excluding hydrogens is 362 g/mol. The molecule has 0 saturated carbocycles. The minimum atomic E-state index is -0.295. The number of pyridine rings is 1.